The number of imidazole rings is 1. The van der Waals surface area contributed by atoms with Crippen LogP contribution in [0.1, 0.15) is 39.2 Å². The zero-order valence-corrected chi connectivity index (χ0v) is 18.6. The fraction of sp³-hybridized carbons (Fsp3) is 0.458. The number of carbonyl (C=O) groups is 1. The van der Waals surface area contributed by atoms with Gasteiger partial charge in [0.05, 0.1) is 31.3 Å². The Kier molecular flexibility index (Phi) is 5.36. The number of pyridine rings is 1. The van der Waals surface area contributed by atoms with Crippen LogP contribution in [0.2, 0.25) is 0 Å². The largest absolute Gasteiger partial charge is 0.493 e. The minimum Gasteiger partial charge on any atom is -0.493 e. The Bertz CT molecular complexity index is 1150. The molecule has 2 atom stereocenters. The second kappa shape index (κ2) is 8.33. The number of rotatable bonds is 8. The lowest BCUT2D eigenvalue weighted by atomic mass is 10.0. The van der Waals surface area contributed by atoms with E-state index in [0.29, 0.717) is 43.0 Å². The van der Waals surface area contributed by atoms with E-state index in [-0.39, 0.29) is 17.9 Å². The van der Waals surface area contributed by atoms with Crippen molar-refractivity contribution in [2.24, 2.45) is 5.92 Å². The summed E-state index contributed by atoms with van der Waals surface area (Å²) in [5, 5.41) is 2.89. The SMILES string of the molecule is CCOc1ccc(-c2cc3ncn(C4CC4)c3c(O[C@H](C)C3CNC(=O)C3)n2)cc1OC. The summed E-state index contributed by atoms with van der Waals surface area (Å²) in [4.78, 5) is 21.3. The second-order valence-electron chi connectivity index (χ2n) is 8.45. The Morgan fingerprint density at radius 2 is 2.09 bits per heavy atom. The Labute approximate surface area is 186 Å². The summed E-state index contributed by atoms with van der Waals surface area (Å²) in [7, 11) is 1.63. The Morgan fingerprint density at radius 1 is 1.25 bits per heavy atom. The van der Waals surface area contributed by atoms with Crippen LogP contribution in [0.3, 0.4) is 0 Å². The third kappa shape index (κ3) is 3.85. The quantitative estimate of drug-likeness (QED) is 0.579. The van der Waals surface area contributed by atoms with Gasteiger partial charge in [-0.2, -0.15) is 0 Å². The first kappa shape index (κ1) is 20.6. The monoisotopic (exact) mass is 436 g/mol. The smallest absolute Gasteiger partial charge is 0.241 e. The highest BCUT2D eigenvalue weighted by Crippen LogP contribution is 2.41. The zero-order valence-electron chi connectivity index (χ0n) is 18.6. The van der Waals surface area contributed by atoms with Gasteiger partial charge in [0.25, 0.3) is 0 Å². The molecule has 3 aromatic rings. The molecule has 1 saturated carbocycles. The highest BCUT2D eigenvalue weighted by Gasteiger charge is 2.31. The summed E-state index contributed by atoms with van der Waals surface area (Å²) in [6, 6.07) is 8.22. The lowest BCUT2D eigenvalue weighted by molar-refractivity contribution is -0.119. The van der Waals surface area contributed by atoms with Gasteiger partial charge in [0, 0.05) is 30.5 Å². The van der Waals surface area contributed by atoms with Crippen LogP contribution in [0.15, 0.2) is 30.6 Å². The number of amides is 1. The van der Waals surface area contributed by atoms with Crippen molar-refractivity contribution >= 4 is 16.9 Å². The van der Waals surface area contributed by atoms with E-state index in [4.69, 9.17) is 19.2 Å². The summed E-state index contributed by atoms with van der Waals surface area (Å²) >= 11 is 0. The Hall–Kier alpha value is -3.29. The van der Waals surface area contributed by atoms with Crippen molar-refractivity contribution < 1.29 is 19.0 Å². The number of nitrogens with one attached hydrogen (secondary N) is 1. The predicted octanol–water partition coefficient (Wildman–Crippen LogP) is 3.74. The number of aromatic nitrogens is 3. The summed E-state index contributed by atoms with van der Waals surface area (Å²) in [6.07, 6.45) is 4.48. The van der Waals surface area contributed by atoms with Gasteiger partial charge in [-0.3, -0.25) is 4.79 Å². The summed E-state index contributed by atoms with van der Waals surface area (Å²) in [6.45, 7) is 5.13. The highest BCUT2D eigenvalue weighted by atomic mass is 16.5. The molecule has 1 aliphatic carbocycles. The maximum Gasteiger partial charge on any atom is 0.241 e. The molecule has 0 spiro atoms. The number of hydrogen-bond acceptors (Lipinski definition) is 6. The molecule has 3 heterocycles. The number of ether oxygens (including phenoxy) is 3. The first-order valence-corrected chi connectivity index (χ1v) is 11.2. The van der Waals surface area contributed by atoms with Crippen molar-refractivity contribution in [1.82, 2.24) is 19.9 Å². The molecule has 0 radical (unpaired) electrons. The van der Waals surface area contributed by atoms with Gasteiger partial charge in [-0.25, -0.2) is 9.97 Å². The summed E-state index contributed by atoms with van der Waals surface area (Å²) in [5.41, 5.74) is 3.40. The fourth-order valence-electron chi connectivity index (χ4n) is 4.22. The van der Waals surface area contributed by atoms with Crippen molar-refractivity contribution in [3.8, 4) is 28.6 Å². The normalized spacial score (nSPS) is 19.1. The van der Waals surface area contributed by atoms with E-state index in [9.17, 15) is 4.79 Å². The van der Waals surface area contributed by atoms with Crippen molar-refractivity contribution in [3.63, 3.8) is 0 Å². The summed E-state index contributed by atoms with van der Waals surface area (Å²) in [5.74, 6) is 2.09. The predicted molar refractivity (Wildman–Crippen MR) is 120 cm³/mol. The summed E-state index contributed by atoms with van der Waals surface area (Å²) < 4.78 is 19.7. The van der Waals surface area contributed by atoms with Crippen LogP contribution >= 0.6 is 0 Å². The molecule has 1 unspecified atom stereocenters. The molecular formula is C24H28N4O4. The van der Waals surface area contributed by atoms with E-state index in [0.717, 1.165) is 35.1 Å². The zero-order chi connectivity index (χ0) is 22.2. The van der Waals surface area contributed by atoms with Crippen LogP contribution in [0, 0.1) is 5.92 Å². The molecule has 1 aliphatic heterocycles. The first-order valence-electron chi connectivity index (χ1n) is 11.2. The van der Waals surface area contributed by atoms with Gasteiger partial charge >= 0.3 is 0 Å². The van der Waals surface area contributed by atoms with Crippen molar-refractivity contribution in [3.05, 3.63) is 30.6 Å². The van der Waals surface area contributed by atoms with E-state index in [2.05, 4.69) is 14.9 Å². The van der Waals surface area contributed by atoms with E-state index in [1.54, 1.807) is 7.11 Å². The van der Waals surface area contributed by atoms with Crippen LogP contribution in [-0.4, -0.2) is 46.8 Å². The number of hydrogen-bond donors (Lipinski definition) is 1. The average molecular weight is 437 g/mol. The molecule has 1 saturated heterocycles. The minimum absolute atomic E-state index is 0.0711. The number of benzene rings is 1. The first-order chi connectivity index (χ1) is 15.6. The highest BCUT2D eigenvalue weighted by molar-refractivity contribution is 5.85. The van der Waals surface area contributed by atoms with Gasteiger partial charge in [-0.1, -0.05) is 0 Å². The molecule has 1 amide bonds. The molecule has 168 valence electrons. The molecule has 2 fully saturated rings. The van der Waals surface area contributed by atoms with Gasteiger partial charge in [-0.15, -0.1) is 0 Å². The van der Waals surface area contributed by atoms with E-state index in [1.165, 1.54) is 0 Å². The molecule has 1 aromatic carbocycles. The van der Waals surface area contributed by atoms with Gasteiger partial charge < -0.3 is 24.1 Å². The van der Waals surface area contributed by atoms with Crippen molar-refractivity contribution in [2.45, 2.75) is 45.3 Å². The molecule has 0 bridgehead atoms. The average Bonchev–Trinajstić information content (AvgIpc) is 3.39. The van der Waals surface area contributed by atoms with Gasteiger partial charge in [0.1, 0.15) is 11.6 Å². The number of fused-ring (bicyclic) bond motifs is 1. The maximum atomic E-state index is 11.7. The third-order valence-corrected chi connectivity index (χ3v) is 6.19. The lowest BCUT2D eigenvalue weighted by Gasteiger charge is -2.20. The Balaban J connectivity index is 1.55. The molecule has 2 aromatic heterocycles. The van der Waals surface area contributed by atoms with E-state index in [1.807, 2.05) is 44.4 Å². The third-order valence-electron chi connectivity index (χ3n) is 6.19. The molecular weight excluding hydrogens is 408 g/mol. The molecule has 2 aliphatic rings. The Morgan fingerprint density at radius 3 is 2.78 bits per heavy atom. The standard InChI is InChI=1S/C24H28N4O4/c1-4-31-20-8-5-15(9-21(20)30-3)18-11-19-23(28(13-26-19)17-6-7-17)24(27-18)32-14(2)16-10-22(29)25-12-16/h5,8-9,11,13-14,16-17H,4,6-7,10,12H2,1-3H3,(H,25,29)/t14-,16?/m1/s1. The van der Waals surface area contributed by atoms with Gasteiger partial charge in [0.2, 0.25) is 11.8 Å². The van der Waals surface area contributed by atoms with Gasteiger partial charge in [-0.05, 0) is 51.0 Å². The lowest BCUT2D eigenvalue weighted by Crippen LogP contribution is -2.26. The fourth-order valence-corrected chi connectivity index (χ4v) is 4.22. The number of methoxy groups -OCH3 is 1. The van der Waals surface area contributed by atoms with Crippen molar-refractivity contribution in [2.75, 3.05) is 20.3 Å². The van der Waals surface area contributed by atoms with E-state index < -0.39 is 0 Å². The molecule has 8 nitrogen and oxygen atoms in total. The number of carbonyl (C=O) groups excluding carboxylic acids is 1. The maximum absolute atomic E-state index is 11.7. The molecule has 5 rings (SSSR count). The van der Waals surface area contributed by atoms with Crippen LogP contribution < -0.4 is 19.5 Å². The second-order valence-corrected chi connectivity index (χ2v) is 8.45. The van der Waals surface area contributed by atoms with Crippen LogP contribution in [0.4, 0.5) is 0 Å². The molecule has 1 N–H and O–H groups in total. The molecule has 32 heavy (non-hydrogen) atoms. The number of nitrogens with zero attached hydrogens (tertiary/aromatic N) is 3. The van der Waals surface area contributed by atoms with Gasteiger partial charge in [0.15, 0.2) is 11.5 Å². The van der Waals surface area contributed by atoms with Crippen LogP contribution in [0.25, 0.3) is 22.3 Å². The van der Waals surface area contributed by atoms with Crippen molar-refractivity contribution in [1.29, 1.82) is 0 Å². The minimum atomic E-state index is -0.155. The van der Waals surface area contributed by atoms with E-state index >= 15 is 0 Å². The topological polar surface area (TPSA) is 87.5 Å². The van der Waals surface area contributed by atoms with Crippen LogP contribution in [-0.2, 0) is 4.79 Å². The molecule has 8 heteroatoms. The van der Waals surface area contributed by atoms with Crippen LogP contribution in [0.5, 0.6) is 17.4 Å².